The van der Waals surface area contributed by atoms with E-state index in [1.54, 1.807) is 6.07 Å². The number of anilines is 2. The predicted octanol–water partition coefficient (Wildman–Crippen LogP) is 7.00. The van der Waals surface area contributed by atoms with Gasteiger partial charge in [-0.2, -0.15) is 0 Å². The van der Waals surface area contributed by atoms with Gasteiger partial charge in [-0.05, 0) is 85.0 Å². The summed E-state index contributed by atoms with van der Waals surface area (Å²) in [6, 6.07) is 31.0. The van der Waals surface area contributed by atoms with E-state index >= 15 is 0 Å². The third-order valence-electron chi connectivity index (χ3n) is 6.57. The van der Waals surface area contributed by atoms with Crippen LogP contribution in [0, 0.1) is 6.92 Å². The summed E-state index contributed by atoms with van der Waals surface area (Å²) in [7, 11) is -3.41. The van der Waals surface area contributed by atoms with Crippen LogP contribution in [0.25, 0.3) is 0 Å². The molecular weight excluding hydrogens is 552 g/mol. The van der Waals surface area contributed by atoms with Gasteiger partial charge in [0.05, 0.1) is 18.6 Å². The topological polar surface area (TPSA) is 105 Å². The molecule has 4 aromatic carbocycles. The Morgan fingerprint density at radius 3 is 2.00 bits per heavy atom. The first-order valence-corrected chi connectivity index (χ1v) is 15.6. The molecule has 0 spiro atoms. The molecule has 0 radical (unpaired) electrons. The number of unbranched alkanes of at least 4 members (excludes halogenated alkanes) is 1. The molecule has 0 aliphatic heterocycles. The van der Waals surface area contributed by atoms with Crippen LogP contribution in [0.4, 0.5) is 11.4 Å². The monoisotopic (exact) mass is 588 g/mol. The van der Waals surface area contributed by atoms with Crippen molar-refractivity contribution < 1.29 is 27.8 Å². The summed E-state index contributed by atoms with van der Waals surface area (Å²) < 4.78 is 38.2. The first kappa shape index (κ1) is 30.5. The minimum Gasteiger partial charge on any atom is -0.494 e. The van der Waals surface area contributed by atoms with Gasteiger partial charge >= 0.3 is 5.97 Å². The van der Waals surface area contributed by atoms with Crippen molar-refractivity contribution in [2.45, 2.75) is 39.3 Å². The number of sulfonamides is 1. The van der Waals surface area contributed by atoms with Crippen LogP contribution in [0.3, 0.4) is 0 Å². The molecule has 0 aliphatic rings. The molecule has 2 N–H and O–H groups in total. The zero-order valence-corrected chi connectivity index (χ0v) is 24.6. The second-order valence-corrected chi connectivity index (χ2v) is 11.8. The maximum absolute atomic E-state index is 11.9. The highest BCUT2D eigenvalue weighted by atomic mass is 32.2. The second-order valence-electron chi connectivity index (χ2n) is 10.1. The van der Waals surface area contributed by atoms with Crippen molar-refractivity contribution in [1.82, 2.24) is 0 Å². The van der Waals surface area contributed by atoms with Gasteiger partial charge in [0.15, 0.2) is 0 Å². The Kier molecular flexibility index (Phi) is 10.4. The summed E-state index contributed by atoms with van der Waals surface area (Å²) in [4.78, 5) is 12.8. The SMILES string of the molecule is Cc1c(NS(C)(=O)=O)cccc1N(Cc1ccccc1)Cc1ccc(Oc2ccc(OCCCCC(=O)O)cc2)cc1. The first-order chi connectivity index (χ1) is 20.2. The number of nitrogens with zero attached hydrogens (tertiary/aromatic N) is 1. The van der Waals surface area contributed by atoms with Crippen LogP contribution in [-0.4, -0.2) is 32.4 Å². The zero-order chi connectivity index (χ0) is 30.0. The molecule has 0 unspecified atom stereocenters. The lowest BCUT2D eigenvalue weighted by atomic mass is 10.1. The van der Waals surface area contributed by atoms with E-state index < -0.39 is 16.0 Å². The number of rotatable bonds is 15. The summed E-state index contributed by atoms with van der Waals surface area (Å²) in [6.45, 7) is 3.65. The molecule has 9 heteroatoms. The highest BCUT2D eigenvalue weighted by Crippen LogP contribution is 2.31. The quantitative estimate of drug-likeness (QED) is 0.144. The lowest BCUT2D eigenvalue weighted by Crippen LogP contribution is -2.23. The van der Waals surface area contributed by atoms with E-state index in [4.69, 9.17) is 14.6 Å². The van der Waals surface area contributed by atoms with Crippen molar-refractivity contribution >= 4 is 27.4 Å². The summed E-state index contributed by atoms with van der Waals surface area (Å²) in [5.74, 6) is 1.29. The average Bonchev–Trinajstić information content (AvgIpc) is 2.95. The molecule has 0 saturated heterocycles. The molecule has 8 nitrogen and oxygen atoms in total. The van der Waals surface area contributed by atoms with Gasteiger partial charge in [-0.3, -0.25) is 9.52 Å². The molecule has 42 heavy (non-hydrogen) atoms. The van der Waals surface area contributed by atoms with Crippen molar-refractivity contribution in [3.05, 3.63) is 114 Å². The molecule has 0 aliphatic carbocycles. The number of hydrogen-bond donors (Lipinski definition) is 2. The molecule has 220 valence electrons. The Morgan fingerprint density at radius 2 is 1.38 bits per heavy atom. The van der Waals surface area contributed by atoms with Crippen LogP contribution < -0.4 is 19.1 Å². The van der Waals surface area contributed by atoms with Gasteiger partial charge < -0.3 is 19.5 Å². The Morgan fingerprint density at radius 1 is 0.786 bits per heavy atom. The molecule has 0 amide bonds. The van der Waals surface area contributed by atoms with Crippen LogP contribution in [0.15, 0.2) is 97.1 Å². The van der Waals surface area contributed by atoms with Crippen LogP contribution in [0.1, 0.15) is 36.0 Å². The van der Waals surface area contributed by atoms with E-state index in [9.17, 15) is 13.2 Å². The zero-order valence-electron chi connectivity index (χ0n) is 23.8. The third kappa shape index (κ3) is 9.55. The minimum absolute atomic E-state index is 0.148. The molecule has 4 aromatic rings. The number of aliphatic carboxylic acids is 1. The van der Waals surface area contributed by atoms with E-state index in [0.29, 0.717) is 55.5 Å². The standard InChI is InChI=1S/C33H36N2O6S/c1-25-31(34-42(2,38)39)11-8-12-32(25)35(23-26-9-4-3-5-10-26)24-27-14-16-29(17-15-27)41-30-20-18-28(19-21-30)40-22-7-6-13-33(36)37/h3-5,8-12,14-21,34H,6-7,13,22-24H2,1-2H3,(H,36,37). The molecule has 0 aromatic heterocycles. The number of carboxylic acids is 1. The summed E-state index contributed by atoms with van der Waals surface area (Å²) in [5.41, 5.74) is 4.58. The molecule has 0 saturated carbocycles. The molecule has 0 atom stereocenters. The summed E-state index contributed by atoms with van der Waals surface area (Å²) in [6.07, 6.45) is 2.57. The lowest BCUT2D eigenvalue weighted by molar-refractivity contribution is -0.137. The number of carbonyl (C=O) groups is 1. The average molecular weight is 589 g/mol. The highest BCUT2D eigenvalue weighted by molar-refractivity contribution is 7.92. The Hall–Kier alpha value is -4.50. The summed E-state index contributed by atoms with van der Waals surface area (Å²) in [5, 5.41) is 8.71. The molecular formula is C33H36N2O6S. The number of ether oxygens (including phenoxy) is 2. The van der Waals surface area contributed by atoms with E-state index in [1.807, 2.05) is 85.8 Å². The fraction of sp³-hybridized carbons (Fsp3) is 0.242. The molecule has 4 rings (SSSR count). The van der Waals surface area contributed by atoms with Gasteiger partial charge in [0, 0.05) is 25.2 Å². The van der Waals surface area contributed by atoms with E-state index in [1.165, 1.54) is 0 Å². The van der Waals surface area contributed by atoms with E-state index in [-0.39, 0.29) is 6.42 Å². The van der Waals surface area contributed by atoms with Crippen molar-refractivity contribution in [1.29, 1.82) is 0 Å². The normalized spacial score (nSPS) is 11.1. The highest BCUT2D eigenvalue weighted by Gasteiger charge is 2.15. The first-order valence-electron chi connectivity index (χ1n) is 13.7. The van der Waals surface area contributed by atoms with Crippen molar-refractivity contribution in [3.8, 4) is 17.2 Å². The fourth-order valence-corrected chi connectivity index (χ4v) is 5.12. The maximum Gasteiger partial charge on any atom is 0.303 e. The molecule has 0 fully saturated rings. The summed E-state index contributed by atoms with van der Waals surface area (Å²) >= 11 is 0. The van der Waals surface area contributed by atoms with Crippen molar-refractivity contribution in [2.75, 3.05) is 22.5 Å². The Labute approximate surface area is 247 Å². The van der Waals surface area contributed by atoms with Gasteiger partial charge in [0.25, 0.3) is 0 Å². The fourth-order valence-electron chi connectivity index (χ4n) is 4.50. The van der Waals surface area contributed by atoms with Crippen LogP contribution >= 0.6 is 0 Å². The largest absolute Gasteiger partial charge is 0.494 e. The van der Waals surface area contributed by atoms with Gasteiger partial charge in [0.1, 0.15) is 17.2 Å². The van der Waals surface area contributed by atoms with E-state index in [2.05, 4.69) is 21.8 Å². The van der Waals surface area contributed by atoms with E-state index in [0.717, 1.165) is 28.6 Å². The number of nitrogens with one attached hydrogen (secondary N) is 1. The molecule has 0 heterocycles. The number of benzene rings is 4. The predicted molar refractivity (Wildman–Crippen MR) is 166 cm³/mol. The van der Waals surface area contributed by atoms with Crippen LogP contribution in [0.2, 0.25) is 0 Å². The van der Waals surface area contributed by atoms with Crippen LogP contribution in [0.5, 0.6) is 17.2 Å². The smallest absolute Gasteiger partial charge is 0.303 e. The van der Waals surface area contributed by atoms with Crippen molar-refractivity contribution in [3.63, 3.8) is 0 Å². The number of hydrogen-bond acceptors (Lipinski definition) is 6. The lowest BCUT2D eigenvalue weighted by Gasteiger charge is -2.28. The van der Waals surface area contributed by atoms with Crippen molar-refractivity contribution in [2.24, 2.45) is 0 Å². The maximum atomic E-state index is 11.9. The minimum atomic E-state index is -3.41. The van der Waals surface area contributed by atoms with Gasteiger partial charge in [-0.15, -0.1) is 0 Å². The van der Waals surface area contributed by atoms with Gasteiger partial charge in [-0.1, -0.05) is 48.5 Å². The second kappa shape index (κ2) is 14.4. The van der Waals surface area contributed by atoms with Gasteiger partial charge in [0.2, 0.25) is 10.0 Å². The Bertz CT molecular complexity index is 1560. The number of carboxylic acid groups (broad SMARTS) is 1. The van der Waals surface area contributed by atoms with Gasteiger partial charge in [-0.25, -0.2) is 8.42 Å². The van der Waals surface area contributed by atoms with Crippen LogP contribution in [-0.2, 0) is 27.9 Å². The molecule has 0 bridgehead atoms. The Balaban J connectivity index is 1.43. The third-order valence-corrected chi connectivity index (χ3v) is 7.16.